The molecule has 154 valence electrons. The first-order valence-electron chi connectivity index (χ1n) is 9.38. The third kappa shape index (κ3) is 4.20. The number of hydrogen-bond donors (Lipinski definition) is 1. The highest BCUT2D eigenvalue weighted by Crippen LogP contribution is 2.14. The third-order valence-corrected chi connectivity index (χ3v) is 4.57. The van der Waals surface area contributed by atoms with Crippen molar-refractivity contribution in [1.82, 2.24) is 29.0 Å². The van der Waals surface area contributed by atoms with Gasteiger partial charge in [-0.1, -0.05) is 19.4 Å². The second-order valence-corrected chi connectivity index (χ2v) is 6.71. The van der Waals surface area contributed by atoms with E-state index in [1.165, 1.54) is 22.5 Å². The van der Waals surface area contributed by atoms with Crippen LogP contribution in [0.2, 0.25) is 0 Å². The van der Waals surface area contributed by atoms with Gasteiger partial charge in [0.05, 0.1) is 12.9 Å². The molecule has 0 unspecified atom stereocenters. The number of hydrogen-bond acceptors (Lipinski definition) is 6. The summed E-state index contributed by atoms with van der Waals surface area (Å²) in [6.45, 7) is 2.40. The number of rotatable bonds is 8. The van der Waals surface area contributed by atoms with Crippen molar-refractivity contribution >= 4 is 17.1 Å². The molecular formula is C19H24N6O4. The van der Waals surface area contributed by atoms with Crippen LogP contribution in [0, 0.1) is 0 Å². The summed E-state index contributed by atoms with van der Waals surface area (Å²) in [7, 11) is 3.18. The Morgan fingerprint density at radius 1 is 1.24 bits per heavy atom. The molecule has 3 rings (SSSR count). The fourth-order valence-corrected chi connectivity index (χ4v) is 2.93. The number of pyridine rings is 1. The number of carbonyl (C=O) groups excluding carboxylic acids is 1. The lowest BCUT2D eigenvalue weighted by molar-refractivity contribution is -0.121. The van der Waals surface area contributed by atoms with Crippen molar-refractivity contribution in [2.24, 2.45) is 14.1 Å². The van der Waals surface area contributed by atoms with Gasteiger partial charge in [-0.25, -0.2) is 19.3 Å². The van der Waals surface area contributed by atoms with Crippen molar-refractivity contribution in [3.63, 3.8) is 0 Å². The van der Waals surface area contributed by atoms with Crippen LogP contribution in [-0.4, -0.2) is 36.2 Å². The molecule has 0 atom stereocenters. The van der Waals surface area contributed by atoms with E-state index in [9.17, 15) is 14.4 Å². The molecule has 10 heteroatoms. The van der Waals surface area contributed by atoms with E-state index >= 15 is 0 Å². The maximum Gasteiger partial charge on any atom is 0.332 e. The highest BCUT2D eigenvalue weighted by molar-refractivity contribution is 5.76. The molecule has 1 N–H and O–H groups in total. The topological polar surface area (TPSA) is 113 Å². The molecule has 1 amide bonds. The molecule has 0 aliphatic rings. The summed E-state index contributed by atoms with van der Waals surface area (Å²) in [5.74, 6) is -0.000264. The minimum absolute atomic E-state index is 0.178. The molecule has 0 aromatic carbocycles. The van der Waals surface area contributed by atoms with Crippen molar-refractivity contribution in [2.45, 2.75) is 32.9 Å². The van der Waals surface area contributed by atoms with Crippen molar-refractivity contribution < 1.29 is 9.53 Å². The molecule has 0 spiro atoms. The van der Waals surface area contributed by atoms with Gasteiger partial charge in [0, 0.05) is 32.4 Å². The Kier molecular flexibility index (Phi) is 6.10. The van der Waals surface area contributed by atoms with Crippen LogP contribution in [0.4, 0.5) is 0 Å². The summed E-state index contributed by atoms with van der Waals surface area (Å²) in [5, 5.41) is 2.72. The Balaban J connectivity index is 1.75. The summed E-state index contributed by atoms with van der Waals surface area (Å²) in [5.41, 5.74) is 0.117. The molecule has 0 fully saturated rings. The number of imidazole rings is 1. The second-order valence-electron chi connectivity index (χ2n) is 6.71. The van der Waals surface area contributed by atoms with Crippen molar-refractivity contribution in [3.8, 4) is 5.88 Å². The molecule has 3 aromatic rings. The van der Waals surface area contributed by atoms with E-state index < -0.39 is 17.2 Å². The Morgan fingerprint density at radius 3 is 2.79 bits per heavy atom. The lowest BCUT2D eigenvalue weighted by Crippen LogP contribution is -2.43. The molecule has 0 saturated heterocycles. The van der Waals surface area contributed by atoms with Gasteiger partial charge < -0.3 is 14.6 Å². The van der Waals surface area contributed by atoms with Gasteiger partial charge in [-0.3, -0.25) is 14.2 Å². The minimum Gasteiger partial charge on any atom is -0.477 e. The van der Waals surface area contributed by atoms with E-state index in [-0.39, 0.29) is 24.3 Å². The number of unbranched alkanes of at least 4 members (excludes halogenated alkanes) is 1. The van der Waals surface area contributed by atoms with Crippen LogP contribution >= 0.6 is 0 Å². The van der Waals surface area contributed by atoms with E-state index in [1.807, 2.05) is 0 Å². The van der Waals surface area contributed by atoms with Gasteiger partial charge in [-0.05, 0) is 12.5 Å². The maximum absolute atomic E-state index is 12.7. The zero-order valence-electron chi connectivity index (χ0n) is 16.7. The van der Waals surface area contributed by atoms with Gasteiger partial charge >= 0.3 is 5.69 Å². The van der Waals surface area contributed by atoms with Crippen LogP contribution in [-0.2, 0) is 32.0 Å². The van der Waals surface area contributed by atoms with E-state index in [2.05, 4.69) is 22.2 Å². The first-order chi connectivity index (χ1) is 13.9. The number of carbonyl (C=O) groups is 1. The molecule has 0 radical (unpaired) electrons. The number of amides is 1. The summed E-state index contributed by atoms with van der Waals surface area (Å²) in [4.78, 5) is 45.9. The Hall–Kier alpha value is -3.43. The zero-order valence-corrected chi connectivity index (χ0v) is 16.7. The number of aromatic nitrogens is 5. The van der Waals surface area contributed by atoms with E-state index in [4.69, 9.17) is 4.74 Å². The van der Waals surface area contributed by atoms with Crippen LogP contribution in [0.5, 0.6) is 5.88 Å². The lowest BCUT2D eigenvalue weighted by Gasteiger charge is -2.12. The van der Waals surface area contributed by atoms with Crippen molar-refractivity contribution in [1.29, 1.82) is 0 Å². The van der Waals surface area contributed by atoms with E-state index in [0.717, 1.165) is 23.0 Å². The highest BCUT2D eigenvalue weighted by atomic mass is 16.5. The second kappa shape index (κ2) is 8.72. The Bertz CT molecular complexity index is 1140. The SMILES string of the molecule is CCCCOc1ncccc1CNC(=O)Cn1c(=O)c2c(ncn2C)n(C)c1=O. The third-order valence-electron chi connectivity index (χ3n) is 4.57. The van der Waals surface area contributed by atoms with Gasteiger partial charge in [0.1, 0.15) is 6.54 Å². The first-order valence-corrected chi connectivity index (χ1v) is 9.38. The Labute approximate surface area is 166 Å². The predicted octanol–water partition coefficient (Wildman–Crippen LogP) is 0.324. The summed E-state index contributed by atoms with van der Waals surface area (Å²) in [6.07, 6.45) is 4.99. The van der Waals surface area contributed by atoms with Gasteiger partial charge in [-0.15, -0.1) is 0 Å². The summed E-state index contributed by atoms with van der Waals surface area (Å²) in [6, 6.07) is 3.56. The summed E-state index contributed by atoms with van der Waals surface area (Å²) >= 11 is 0. The maximum atomic E-state index is 12.7. The zero-order chi connectivity index (χ0) is 21.0. The fourth-order valence-electron chi connectivity index (χ4n) is 2.93. The average Bonchev–Trinajstić information content (AvgIpc) is 3.11. The van der Waals surface area contributed by atoms with Gasteiger partial charge in [-0.2, -0.15) is 0 Å². The van der Waals surface area contributed by atoms with Crippen LogP contribution < -0.4 is 21.3 Å². The first kappa shape index (κ1) is 20.3. The van der Waals surface area contributed by atoms with Crippen LogP contribution in [0.15, 0.2) is 34.2 Å². The largest absolute Gasteiger partial charge is 0.477 e. The van der Waals surface area contributed by atoms with Gasteiger partial charge in [0.25, 0.3) is 5.56 Å². The van der Waals surface area contributed by atoms with Crippen LogP contribution in [0.3, 0.4) is 0 Å². The van der Waals surface area contributed by atoms with Crippen LogP contribution in [0.1, 0.15) is 25.3 Å². The Morgan fingerprint density at radius 2 is 2.03 bits per heavy atom. The number of nitrogens with zero attached hydrogens (tertiary/aromatic N) is 5. The standard InChI is InChI=1S/C19H24N6O4/c1-4-5-9-29-17-13(7-6-8-20-17)10-21-14(26)11-25-18(27)15-16(22-12-23(15)2)24(3)19(25)28/h6-8,12H,4-5,9-11H2,1-3H3,(H,21,26). The fraction of sp³-hybridized carbons (Fsp3) is 0.421. The number of aryl methyl sites for hydroxylation is 2. The molecule has 3 heterocycles. The smallest absolute Gasteiger partial charge is 0.332 e. The van der Waals surface area contributed by atoms with Gasteiger partial charge in [0.15, 0.2) is 11.2 Å². The molecular weight excluding hydrogens is 376 g/mol. The quantitative estimate of drug-likeness (QED) is 0.545. The molecule has 29 heavy (non-hydrogen) atoms. The molecule has 0 bridgehead atoms. The predicted molar refractivity (Wildman–Crippen MR) is 107 cm³/mol. The average molecular weight is 400 g/mol. The van der Waals surface area contributed by atoms with Gasteiger partial charge in [0.2, 0.25) is 11.8 Å². The molecule has 0 saturated carbocycles. The van der Waals surface area contributed by atoms with Crippen molar-refractivity contribution in [3.05, 3.63) is 51.1 Å². The van der Waals surface area contributed by atoms with E-state index in [0.29, 0.717) is 12.5 Å². The highest BCUT2D eigenvalue weighted by Gasteiger charge is 2.17. The van der Waals surface area contributed by atoms with Crippen LogP contribution in [0.25, 0.3) is 11.2 Å². The molecule has 3 aromatic heterocycles. The number of nitrogens with one attached hydrogen (secondary N) is 1. The number of fused-ring (bicyclic) bond motifs is 1. The minimum atomic E-state index is -0.596. The molecule has 0 aliphatic carbocycles. The normalized spacial score (nSPS) is 11.0. The van der Waals surface area contributed by atoms with Crippen molar-refractivity contribution in [2.75, 3.05) is 6.61 Å². The lowest BCUT2D eigenvalue weighted by atomic mass is 10.2. The molecule has 10 nitrogen and oxygen atoms in total. The molecule has 0 aliphatic heterocycles. The summed E-state index contributed by atoms with van der Waals surface area (Å²) < 4.78 is 9.34. The van der Waals surface area contributed by atoms with E-state index in [1.54, 1.807) is 25.4 Å². The number of ether oxygens (including phenoxy) is 1. The monoisotopic (exact) mass is 400 g/mol.